The van der Waals surface area contributed by atoms with Crippen LogP contribution in [0.25, 0.3) is 5.65 Å². The molecule has 0 saturated heterocycles. The Balaban J connectivity index is 1.39. The van der Waals surface area contributed by atoms with E-state index in [4.69, 9.17) is 0 Å². The number of nitrogens with zero attached hydrogens (tertiary/aromatic N) is 6. The SMILES string of the molecule is O=C1c2ccccc2C(=O)N1CCN(CCNc1ccn2ncc(Br)c2n1)S(=O)(=O)c1ccccc1[N+](=O)[O-]. The molecular formula is C24H20BrN7O6S. The van der Waals surface area contributed by atoms with Crippen molar-refractivity contribution in [1.82, 2.24) is 23.8 Å². The number of imide groups is 1. The average molecular weight is 614 g/mol. The summed E-state index contributed by atoms with van der Waals surface area (Å²) >= 11 is 3.36. The highest BCUT2D eigenvalue weighted by atomic mass is 79.9. The van der Waals surface area contributed by atoms with Crippen LogP contribution in [0, 0.1) is 10.1 Å². The molecule has 5 rings (SSSR count). The predicted octanol–water partition coefficient (Wildman–Crippen LogP) is 2.80. The molecule has 2 aromatic heterocycles. The van der Waals surface area contributed by atoms with E-state index in [0.29, 0.717) is 15.9 Å². The highest BCUT2D eigenvalue weighted by Crippen LogP contribution is 2.27. The monoisotopic (exact) mass is 613 g/mol. The fourth-order valence-corrected chi connectivity index (χ4v) is 6.17. The number of nitrogens with one attached hydrogen (secondary N) is 1. The normalized spacial score (nSPS) is 13.3. The maximum atomic E-state index is 13.6. The van der Waals surface area contributed by atoms with E-state index in [0.717, 1.165) is 21.3 Å². The lowest BCUT2D eigenvalue weighted by atomic mass is 10.1. The summed E-state index contributed by atoms with van der Waals surface area (Å²) in [7, 11) is -4.40. The molecule has 1 N–H and O–H groups in total. The molecule has 1 aliphatic rings. The van der Waals surface area contributed by atoms with Gasteiger partial charge in [-0.05, 0) is 40.2 Å². The van der Waals surface area contributed by atoms with Gasteiger partial charge in [0.15, 0.2) is 10.5 Å². The minimum absolute atomic E-state index is 0.0803. The van der Waals surface area contributed by atoms with Crippen molar-refractivity contribution in [2.45, 2.75) is 4.90 Å². The first-order valence-corrected chi connectivity index (χ1v) is 13.8. The third kappa shape index (κ3) is 4.98. The van der Waals surface area contributed by atoms with Crippen molar-refractivity contribution < 1.29 is 22.9 Å². The number of carbonyl (C=O) groups is 2. The minimum Gasteiger partial charge on any atom is -0.369 e. The topological polar surface area (TPSA) is 160 Å². The number of anilines is 1. The number of halogens is 1. The molecule has 0 unspecified atom stereocenters. The van der Waals surface area contributed by atoms with Crippen molar-refractivity contribution >= 4 is 54.9 Å². The van der Waals surface area contributed by atoms with Gasteiger partial charge < -0.3 is 5.32 Å². The lowest BCUT2D eigenvalue weighted by Gasteiger charge is -2.24. The number of sulfonamides is 1. The number of rotatable bonds is 10. The fourth-order valence-electron chi connectivity index (χ4n) is 4.22. The summed E-state index contributed by atoms with van der Waals surface area (Å²) in [5.74, 6) is -0.603. The maximum Gasteiger partial charge on any atom is 0.289 e. The van der Waals surface area contributed by atoms with Gasteiger partial charge >= 0.3 is 0 Å². The molecule has 4 aromatic rings. The van der Waals surface area contributed by atoms with Crippen molar-refractivity contribution in [2.24, 2.45) is 0 Å². The predicted molar refractivity (Wildman–Crippen MR) is 143 cm³/mol. The van der Waals surface area contributed by atoms with Crippen LogP contribution in [0.4, 0.5) is 11.5 Å². The van der Waals surface area contributed by atoms with E-state index in [9.17, 15) is 28.1 Å². The van der Waals surface area contributed by atoms with Crippen LogP contribution in [0.1, 0.15) is 20.7 Å². The third-order valence-corrected chi connectivity index (χ3v) is 8.63. The van der Waals surface area contributed by atoms with Crippen LogP contribution < -0.4 is 5.32 Å². The number of nitro benzene ring substituents is 1. The molecule has 0 aliphatic carbocycles. The second-order valence-electron chi connectivity index (χ2n) is 8.44. The third-order valence-electron chi connectivity index (χ3n) is 6.12. The lowest BCUT2D eigenvalue weighted by molar-refractivity contribution is -0.387. The first-order chi connectivity index (χ1) is 18.7. The molecule has 200 valence electrons. The Bertz CT molecular complexity index is 1690. The quantitative estimate of drug-likeness (QED) is 0.161. The summed E-state index contributed by atoms with van der Waals surface area (Å²) in [5, 5.41) is 18.7. The Morgan fingerprint density at radius 3 is 2.36 bits per heavy atom. The average Bonchev–Trinajstić information content (AvgIpc) is 3.42. The smallest absolute Gasteiger partial charge is 0.289 e. The van der Waals surface area contributed by atoms with Gasteiger partial charge in [-0.1, -0.05) is 24.3 Å². The van der Waals surface area contributed by atoms with Gasteiger partial charge in [0.05, 0.1) is 26.7 Å². The zero-order valence-corrected chi connectivity index (χ0v) is 22.5. The zero-order valence-electron chi connectivity index (χ0n) is 20.1. The van der Waals surface area contributed by atoms with Gasteiger partial charge in [0.2, 0.25) is 10.0 Å². The number of aromatic nitrogens is 3. The fraction of sp³-hybridized carbons (Fsp3) is 0.167. The van der Waals surface area contributed by atoms with E-state index >= 15 is 0 Å². The van der Waals surface area contributed by atoms with Gasteiger partial charge in [0.1, 0.15) is 5.82 Å². The minimum atomic E-state index is -4.40. The number of para-hydroxylation sites is 1. The summed E-state index contributed by atoms with van der Waals surface area (Å²) in [6.07, 6.45) is 3.27. The largest absolute Gasteiger partial charge is 0.369 e. The van der Waals surface area contributed by atoms with Crippen molar-refractivity contribution in [2.75, 3.05) is 31.5 Å². The van der Waals surface area contributed by atoms with Crippen LogP contribution in [0.2, 0.25) is 0 Å². The van der Waals surface area contributed by atoms with E-state index in [1.807, 2.05) is 0 Å². The summed E-state index contributed by atoms with van der Waals surface area (Å²) in [5.41, 5.74) is 0.457. The Morgan fingerprint density at radius 2 is 1.67 bits per heavy atom. The van der Waals surface area contributed by atoms with Crippen LogP contribution in [0.5, 0.6) is 0 Å². The van der Waals surface area contributed by atoms with Crippen LogP contribution in [-0.2, 0) is 10.0 Å². The van der Waals surface area contributed by atoms with Gasteiger partial charge in [-0.15, -0.1) is 0 Å². The number of hydrogen-bond donors (Lipinski definition) is 1. The van der Waals surface area contributed by atoms with Gasteiger partial charge in [-0.3, -0.25) is 24.6 Å². The highest BCUT2D eigenvalue weighted by Gasteiger charge is 2.37. The summed E-state index contributed by atoms with van der Waals surface area (Å²) in [6, 6.07) is 13.0. The first kappa shape index (κ1) is 26.4. The van der Waals surface area contributed by atoms with Crippen molar-refractivity contribution in [1.29, 1.82) is 0 Å². The van der Waals surface area contributed by atoms with Crippen molar-refractivity contribution in [3.8, 4) is 0 Å². The molecule has 15 heteroatoms. The second kappa shape index (κ2) is 10.5. The number of hydrogen-bond acceptors (Lipinski definition) is 9. The summed E-state index contributed by atoms with van der Waals surface area (Å²) in [6.45, 7) is -0.566. The Morgan fingerprint density at radius 1 is 1.00 bits per heavy atom. The molecule has 13 nitrogen and oxygen atoms in total. The van der Waals surface area contributed by atoms with Crippen molar-refractivity contribution in [3.05, 3.63) is 92.7 Å². The molecule has 0 fully saturated rings. The van der Waals surface area contributed by atoms with E-state index in [1.54, 1.807) is 35.1 Å². The molecular weight excluding hydrogens is 594 g/mol. The van der Waals surface area contributed by atoms with Crippen molar-refractivity contribution in [3.63, 3.8) is 0 Å². The first-order valence-electron chi connectivity index (χ1n) is 11.6. The molecule has 39 heavy (non-hydrogen) atoms. The summed E-state index contributed by atoms with van der Waals surface area (Å²) < 4.78 is 30.5. The Kier molecular flexibility index (Phi) is 7.12. The summed E-state index contributed by atoms with van der Waals surface area (Å²) in [4.78, 5) is 41.3. The molecule has 0 atom stereocenters. The number of fused-ring (bicyclic) bond motifs is 2. The van der Waals surface area contributed by atoms with Crippen LogP contribution >= 0.6 is 15.9 Å². The Hall–Kier alpha value is -4.21. The molecule has 1 aliphatic heterocycles. The van der Waals surface area contributed by atoms with Gasteiger partial charge in [0.25, 0.3) is 17.5 Å². The van der Waals surface area contributed by atoms with E-state index < -0.39 is 37.3 Å². The Labute approximate surface area is 230 Å². The van der Waals surface area contributed by atoms with Gasteiger partial charge in [-0.2, -0.15) is 9.40 Å². The molecule has 2 aromatic carbocycles. The van der Waals surface area contributed by atoms with Gasteiger partial charge in [0, 0.05) is 38.4 Å². The highest BCUT2D eigenvalue weighted by molar-refractivity contribution is 9.10. The molecule has 0 bridgehead atoms. The molecule has 2 amide bonds. The molecule has 0 saturated carbocycles. The number of nitro groups is 1. The van der Waals surface area contributed by atoms with Crippen LogP contribution in [0.15, 0.2) is 76.4 Å². The molecule has 3 heterocycles. The number of benzene rings is 2. The zero-order chi connectivity index (χ0) is 27.7. The van der Waals surface area contributed by atoms with E-state index in [1.165, 1.54) is 24.3 Å². The number of carbonyl (C=O) groups excluding carboxylic acids is 2. The van der Waals surface area contributed by atoms with Crippen LogP contribution in [-0.4, -0.2) is 75.1 Å². The van der Waals surface area contributed by atoms with Crippen LogP contribution in [0.3, 0.4) is 0 Å². The number of amides is 2. The molecule has 0 radical (unpaired) electrons. The van der Waals surface area contributed by atoms with E-state index in [2.05, 4.69) is 31.3 Å². The maximum absolute atomic E-state index is 13.6. The second-order valence-corrected chi connectivity index (χ2v) is 11.2. The van der Waals surface area contributed by atoms with Gasteiger partial charge in [-0.25, -0.2) is 17.9 Å². The van der Waals surface area contributed by atoms with E-state index in [-0.39, 0.29) is 37.3 Å². The molecule has 0 spiro atoms. The standard InChI is InChI=1S/C24H20BrN7O6S/c25-18-15-27-31-11-9-21(28-22(18)31)26-10-12-29(39(37,38)20-8-4-3-7-19(20)32(35)36)13-14-30-23(33)16-5-1-2-6-17(16)24(30)34/h1-9,11,15H,10,12-14H2,(H,26,28). The lowest BCUT2D eigenvalue weighted by Crippen LogP contribution is -2.42.